The molecule has 0 spiro atoms. The Hall–Kier alpha value is -3.15. The smallest absolute Gasteiger partial charge is 0.227 e. The molecular weight excluding hydrogens is 350 g/mol. The Balaban J connectivity index is 1.58. The summed E-state index contributed by atoms with van der Waals surface area (Å²) in [7, 11) is 0. The van der Waals surface area contributed by atoms with Crippen molar-refractivity contribution in [2.45, 2.75) is 26.3 Å². The molecule has 144 valence electrons. The molecule has 1 amide bonds. The predicted molar refractivity (Wildman–Crippen MR) is 112 cm³/mol. The van der Waals surface area contributed by atoms with Crippen molar-refractivity contribution in [1.82, 2.24) is 9.97 Å². The Morgan fingerprint density at radius 3 is 2.54 bits per heavy atom. The second kappa shape index (κ2) is 7.84. The Morgan fingerprint density at radius 1 is 1.11 bits per heavy atom. The summed E-state index contributed by atoms with van der Waals surface area (Å²) in [4.78, 5) is 23.1. The number of hydrogen-bond acceptors (Lipinski definition) is 5. The number of aryl methyl sites for hydroxylation is 1. The number of hydrogen-bond donors (Lipinski definition) is 2. The minimum absolute atomic E-state index is 0.0455. The number of rotatable bonds is 5. The molecule has 0 aliphatic carbocycles. The van der Waals surface area contributed by atoms with Crippen molar-refractivity contribution in [2.24, 2.45) is 11.7 Å². The van der Waals surface area contributed by atoms with Gasteiger partial charge in [0, 0.05) is 30.9 Å². The van der Waals surface area contributed by atoms with E-state index in [1.54, 1.807) is 0 Å². The van der Waals surface area contributed by atoms with Gasteiger partial charge in [-0.05, 0) is 37.5 Å². The molecule has 3 N–H and O–H groups in total. The summed E-state index contributed by atoms with van der Waals surface area (Å²) in [6.45, 7) is 4.26. The van der Waals surface area contributed by atoms with Crippen LogP contribution in [0.2, 0.25) is 0 Å². The summed E-state index contributed by atoms with van der Waals surface area (Å²) in [6.07, 6.45) is 1.50. The number of anilines is 2. The number of piperidine rings is 1. The molecule has 3 aromatic rings. The van der Waals surface area contributed by atoms with E-state index in [-0.39, 0.29) is 11.8 Å². The number of carbonyl (C=O) groups is 1. The number of aromatic nitrogens is 2. The number of carbonyl (C=O) groups excluding carboxylic acids is 1. The maximum Gasteiger partial charge on any atom is 0.227 e. The molecule has 2 heterocycles. The van der Waals surface area contributed by atoms with E-state index in [1.165, 1.54) is 11.1 Å². The van der Waals surface area contributed by atoms with Crippen molar-refractivity contribution >= 4 is 28.6 Å². The first kappa shape index (κ1) is 18.2. The molecule has 0 saturated carbocycles. The number of amides is 1. The van der Waals surface area contributed by atoms with E-state index in [0.717, 1.165) is 42.7 Å². The van der Waals surface area contributed by atoms with Crippen LogP contribution in [0.3, 0.4) is 0 Å². The third-order valence-corrected chi connectivity index (χ3v) is 5.35. The van der Waals surface area contributed by atoms with Crippen LogP contribution in [0.5, 0.6) is 0 Å². The summed E-state index contributed by atoms with van der Waals surface area (Å²) in [5.41, 5.74) is 8.82. The molecule has 1 saturated heterocycles. The highest BCUT2D eigenvalue weighted by molar-refractivity contribution is 5.90. The Bertz CT molecular complexity index is 978. The van der Waals surface area contributed by atoms with Gasteiger partial charge < -0.3 is 16.0 Å². The molecule has 6 heteroatoms. The zero-order chi connectivity index (χ0) is 19.5. The maximum absolute atomic E-state index is 11.4. The normalized spacial score (nSPS) is 15.0. The molecule has 4 rings (SSSR count). The van der Waals surface area contributed by atoms with Crippen LogP contribution in [0.15, 0.2) is 48.5 Å². The highest BCUT2D eigenvalue weighted by Gasteiger charge is 2.25. The van der Waals surface area contributed by atoms with E-state index in [0.29, 0.717) is 12.5 Å². The molecule has 1 fully saturated rings. The summed E-state index contributed by atoms with van der Waals surface area (Å²) in [5, 5.41) is 4.48. The number of nitrogens with two attached hydrogens (primary N) is 1. The molecule has 6 nitrogen and oxygen atoms in total. The fourth-order valence-corrected chi connectivity index (χ4v) is 3.60. The second-order valence-corrected chi connectivity index (χ2v) is 7.39. The standard InChI is InChI=1S/C22H25N5O/c1-15-6-8-16(9-7-15)14-24-21-18-4-2-3-5-19(18)25-22(26-21)27-12-10-17(11-13-27)20(23)28/h2-9,17H,10-14H2,1H3,(H2,23,28)(H,24,25,26). The lowest BCUT2D eigenvalue weighted by Gasteiger charge is -2.31. The second-order valence-electron chi connectivity index (χ2n) is 7.39. The topological polar surface area (TPSA) is 84.1 Å². The van der Waals surface area contributed by atoms with Gasteiger partial charge in [-0.2, -0.15) is 4.98 Å². The van der Waals surface area contributed by atoms with Crippen molar-refractivity contribution in [3.05, 3.63) is 59.7 Å². The number of para-hydroxylation sites is 1. The number of benzene rings is 2. The van der Waals surface area contributed by atoms with Crippen molar-refractivity contribution in [2.75, 3.05) is 23.3 Å². The number of fused-ring (bicyclic) bond motifs is 1. The number of primary amides is 1. The van der Waals surface area contributed by atoms with Crippen LogP contribution in [0.25, 0.3) is 10.9 Å². The zero-order valence-corrected chi connectivity index (χ0v) is 16.1. The van der Waals surface area contributed by atoms with Gasteiger partial charge in [-0.3, -0.25) is 4.79 Å². The van der Waals surface area contributed by atoms with E-state index in [1.807, 2.05) is 24.3 Å². The lowest BCUT2D eigenvalue weighted by Crippen LogP contribution is -2.39. The quantitative estimate of drug-likeness (QED) is 0.715. The van der Waals surface area contributed by atoms with Crippen LogP contribution in [-0.4, -0.2) is 29.0 Å². The largest absolute Gasteiger partial charge is 0.369 e. The van der Waals surface area contributed by atoms with Crippen molar-refractivity contribution in [3.63, 3.8) is 0 Å². The van der Waals surface area contributed by atoms with Gasteiger partial charge >= 0.3 is 0 Å². The maximum atomic E-state index is 11.4. The summed E-state index contributed by atoms with van der Waals surface area (Å²) < 4.78 is 0. The SMILES string of the molecule is Cc1ccc(CNc2nc(N3CCC(C(N)=O)CC3)nc3ccccc23)cc1. The fraction of sp³-hybridized carbons (Fsp3) is 0.318. The van der Waals surface area contributed by atoms with E-state index < -0.39 is 0 Å². The number of nitrogens with one attached hydrogen (secondary N) is 1. The Morgan fingerprint density at radius 2 is 1.82 bits per heavy atom. The molecule has 1 aliphatic rings. The first-order chi connectivity index (χ1) is 13.6. The molecular formula is C22H25N5O. The molecule has 1 aliphatic heterocycles. The van der Waals surface area contributed by atoms with Crippen LogP contribution >= 0.6 is 0 Å². The van der Waals surface area contributed by atoms with Crippen LogP contribution in [0, 0.1) is 12.8 Å². The van der Waals surface area contributed by atoms with Crippen LogP contribution in [0.4, 0.5) is 11.8 Å². The highest BCUT2D eigenvalue weighted by atomic mass is 16.1. The first-order valence-corrected chi connectivity index (χ1v) is 9.70. The van der Waals surface area contributed by atoms with Gasteiger partial charge in [0.05, 0.1) is 5.52 Å². The lowest BCUT2D eigenvalue weighted by atomic mass is 9.96. The van der Waals surface area contributed by atoms with Crippen LogP contribution in [0.1, 0.15) is 24.0 Å². The van der Waals surface area contributed by atoms with Gasteiger partial charge in [-0.1, -0.05) is 42.0 Å². The van der Waals surface area contributed by atoms with Gasteiger partial charge in [0.2, 0.25) is 11.9 Å². The summed E-state index contributed by atoms with van der Waals surface area (Å²) in [6, 6.07) is 16.5. The average molecular weight is 375 g/mol. The molecule has 2 aromatic carbocycles. The lowest BCUT2D eigenvalue weighted by molar-refractivity contribution is -0.122. The highest BCUT2D eigenvalue weighted by Crippen LogP contribution is 2.26. The predicted octanol–water partition coefficient (Wildman–Crippen LogP) is 3.25. The zero-order valence-electron chi connectivity index (χ0n) is 16.1. The monoisotopic (exact) mass is 375 g/mol. The molecule has 0 radical (unpaired) electrons. The minimum atomic E-state index is -0.209. The molecule has 28 heavy (non-hydrogen) atoms. The van der Waals surface area contributed by atoms with E-state index in [4.69, 9.17) is 15.7 Å². The number of nitrogens with zero attached hydrogens (tertiary/aromatic N) is 3. The molecule has 0 atom stereocenters. The molecule has 0 unspecified atom stereocenters. The third-order valence-electron chi connectivity index (χ3n) is 5.35. The van der Waals surface area contributed by atoms with Gasteiger partial charge in [0.15, 0.2) is 0 Å². The van der Waals surface area contributed by atoms with Crippen LogP contribution < -0.4 is 16.0 Å². The van der Waals surface area contributed by atoms with Gasteiger partial charge in [0.1, 0.15) is 5.82 Å². The Kier molecular flexibility index (Phi) is 5.10. The average Bonchev–Trinajstić information content (AvgIpc) is 2.73. The summed E-state index contributed by atoms with van der Waals surface area (Å²) >= 11 is 0. The van der Waals surface area contributed by atoms with Crippen molar-refractivity contribution in [1.29, 1.82) is 0 Å². The van der Waals surface area contributed by atoms with Crippen LogP contribution in [-0.2, 0) is 11.3 Å². The Labute approximate surface area is 164 Å². The molecule has 1 aromatic heterocycles. The third kappa shape index (κ3) is 3.91. The fourth-order valence-electron chi connectivity index (χ4n) is 3.60. The van der Waals surface area contributed by atoms with E-state index >= 15 is 0 Å². The van der Waals surface area contributed by atoms with Gasteiger partial charge in [-0.25, -0.2) is 4.98 Å². The van der Waals surface area contributed by atoms with Crippen molar-refractivity contribution < 1.29 is 4.79 Å². The van der Waals surface area contributed by atoms with E-state index in [9.17, 15) is 4.79 Å². The summed E-state index contributed by atoms with van der Waals surface area (Å²) in [5.74, 6) is 1.28. The van der Waals surface area contributed by atoms with Gasteiger partial charge in [-0.15, -0.1) is 0 Å². The first-order valence-electron chi connectivity index (χ1n) is 9.70. The molecule has 0 bridgehead atoms. The van der Waals surface area contributed by atoms with Gasteiger partial charge in [0.25, 0.3) is 0 Å². The van der Waals surface area contributed by atoms with Crippen molar-refractivity contribution in [3.8, 4) is 0 Å². The minimum Gasteiger partial charge on any atom is -0.369 e. The van der Waals surface area contributed by atoms with E-state index in [2.05, 4.69) is 41.4 Å².